The molecule has 2 heteroatoms. The molecule has 3 aromatic rings. The molecule has 0 bridgehead atoms. The zero-order valence-corrected chi connectivity index (χ0v) is 18.2. The van der Waals surface area contributed by atoms with Crippen molar-refractivity contribution in [3.05, 3.63) is 108 Å². The molecule has 0 saturated carbocycles. The van der Waals surface area contributed by atoms with Crippen molar-refractivity contribution in [3.63, 3.8) is 0 Å². The van der Waals surface area contributed by atoms with E-state index in [9.17, 15) is 4.79 Å². The van der Waals surface area contributed by atoms with Crippen LogP contribution in [-0.2, 0) is 6.42 Å². The van der Waals surface area contributed by atoms with Crippen LogP contribution < -0.4 is 0 Å². The smallest absolute Gasteiger partial charge is 0.335 e. The summed E-state index contributed by atoms with van der Waals surface area (Å²) in [7, 11) is 0. The zero-order chi connectivity index (χ0) is 21.6. The van der Waals surface area contributed by atoms with Gasteiger partial charge >= 0.3 is 5.97 Å². The van der Waals surface area contributed by atoms with Gasteiger partial charge in [0.1, 0.15) is 0 Å². The Bertz CT molecular complexity index is 640. The molecular formula is C26H36O2. The minimum Gasteiger partial charge on any atom is -0.478 e. The Labute approximate surface area is 171 Å². The lowest BCUT2D eigenvalue weighted by molar-refractivity contribution is 0.0697. The van der Waals surface area contributed by atoms with E-state index in [1.807, 2.05) is 41.5 Å². The van der Waals surface area contributed by atoms with Gasteiger partial charge in [-0.25, -0.2) is 4.79 Å². The van der Waals surface area contributed by atoms with Crippen LogP contribution in [0.3, 0.4) is 0 Å². The molecule has 0 amide bonds. The van der Waals surface area contributed by atoms with E-state index in [-0.39, 0.29) is 0 Å². The van der Waals surface area contributed by atoms with E-state index < -0.39 is 5.97 Å². The number of benzene rings is 3. The molecule has 28 heavy (non-hydrogen) atoms. The molecule has 0 saturated heterocycles. The maximum atomic E-state index is 10.2. The van der Waals surface area contributed by atoms with Gasteiger partial charge in [-0.1, -0.05) is 120 Å². The van der Waals surface area contributed by atoms with Crippen LogP contribution in [0.5, 0.6) is 0 Å². The van der Waals surface area contributed by atoms with E-state index in [0.717, 1.165) is 6.42 Å². The molecule has 0 aliphatic carbocycles. The second-order valence-electron chi connectivity index (χ2n) is 4.82. The van der Waals surface area contributed by atoms with Crippen molar-refractivity contribution in [3.8, 4) is 0 Å². The van der Waals surface area contributed by atoms with Gasteiger partial charge in [0.05, 0.1) is 5.56 Å². The second-order valence-corrected chi connectivity index (χ2v) is 4.82. The fourth-order valence-electron chi connectivity index (χ4n) is 2.01. The molecule has 0 unspecified atom stereocenters. The molecule has 0 radical (unpaired) electrons. The lowest BCUT2D eigenvalue weighted by Crippen LogP contribution is -1.93. The SMILES string of the molecule is CC.CC.CC.O=C(O)c1ccccc1.c1ccc(Cc2ccccc2)cc1. The van der Waals surface area contributed by atoms with Crippen LogP contribution >= 0.6 is 0 Å². The minimum absolute atomic E-state index is 0.331. The molecule has 0 aliphatic heterocycles. The Balaban J connectivity index is 0. The molecule has 0 spiro atoms. The molecular weight excluding hydrogens is 344 g/mol. The topological polar surface area (TPSA) is 37.3 Å². The number of rotatable bonds is 3. The highest BCUT2D eigenvalue weighted by molar-refractivity contribution is 5.87. The first-order valence-electron chi connectivity index (χ1n) is 10.1. The fraction of sp³-hybridized carbons (Fsp3) is 0.269. The van der Waals surface area contributed by atoms with Gasteiger partial charge < -0.3 is 5.11 Å². The van der Waals surface area contributed by atoms with Crippen molar-refractivity contribution in [2.75, 3.05) is 0 Å². The Morgan fingerprint density at radius 2 is 0.857 bits per heavy atom. The summed E-state index contributed by atoms with van der Waals surface area (Å²) >= 11 is 0. The van der Waals surface area contributed by atoms with Crippen molar-refractivity contribution in [1.82, 2.24) is 0 Å². The normalized spacial score (nSPS) is 8.07. The predicted octanol–water partition coefficient (Wildman–Crippen LogP) is 7.74. The number of carbonyl (C=O) groups is 1. The summed E-state index contributed by atoms with van der Waals surface area (Å²) in [5, 5.41) is 8.38. The van der Waals surface area contributed by atoms with Crippen LogP contribution in [-0.4, -0.2) is 11.1 Å². The van der Waals surface area contributed by atoms with E-state index in [1.165, 1.54) is 11.1 Å². The summed E-state index contributed by atoms with van der Waals surface area (Å²) in [4.78, 5) is 10.2. The Morgan fingerprint density at radius 3 is 1.11 bits per heavy atom. The molecule has 3 rings (SSSR count). The van der Waals surface area contributed by atoms with Gasteiger partial charge in [0.25, 0.3) is 0 Å². The summed E-state index contributed by atoms with van der Waals surface area (Å²) in [6.07, 6.45) is 1.03. The number of carboxylic acid groups (broad SMARTS) is 1. The Morgan fingerprint density at radius 1 is 0.571 bits per heavy atom. The zero-order valence-electron chi connectivity index (χ0n) is 18.2. The van der Waals surface area contributed by atoms with E-state index in [2.05, 4.69) is 60.7 Å². The van der Waals surface area contributed by atoms with Gasteiger partial charge in [0.15, 0.2) is 0 Å². The summed E-state index contributed by atoms with van der Waals surface area (Å²) < 4.78 is 0. The molecule has 0 atom stereocenters. The first-order valence-corrected chi connectivity index (χ1v) is 10.1. The van der Waals surface area contributed by atoms with Gasteiger partial charge in [0, 0.05) is 0 Å². The average Bonchev–Trinajstić information content (AvgIpc) is 2.80. The summed E-state index contributed by atoms with van der Waals surface area (Å²) in [6, 6.07) is 29.4. The number of carboxylic acids is 1. The number of aromatic carboxylic acids is 1. The van der Waals surface area contributed by atoms with E-state index in [0.29, 0.717) is 5.56 Å². The third-order valence-corrected chi connectivity index (χ3v) is 3.11. The van der Waals surface area contributed by atoms with Crippen LogP contribution in [0.4, 0.5) is 0 Å². The molecule has 0 heterocycles. The molecule has 0 aromatic heterocycles. The molecule has 3 aromatic carbocycles. The van der Waals surface area contributed by atoms with Crippen molar-refractivity contribution in [2.45, 2.75) is 48.0 Å². The van der Waals surface area contributed by atoms with Crippen LogP contribution in [0.25, 0.3) is 0 Å². The maximum absolute atomic E-state index is 10.2. The lowest BCUT2D eigenvalue weighted by atomic mass is 10.1. The summed E-state index contributed by atoms with van der Waals surface area (Å²) in [6.45, 7) is 12.0. The van der Waals surface area contributed by atoms with Gasteiger partial charge in [-0.3, -0.25) is 0 Å². The third kappa shape index (κ3) is 13.3. The van der Waals surface area contributed by atoms with Crippen LogP contribution in [0.2, 0.25) is 0 Å². The van der Waals surface area contributed by atoms with Crippen molar-refractivity contribution >= 4 is 5.97 Å². The van der Waals surface area contributed by atoms with Crippen LogP contribution in [0, 0.1) is 0 Å². The van der Waals surface area contributed by atoms with E-state index in [4.69, 9.17) is 5.11 Å². The van der Waals surface area contributed by atoms with Gasteiger partial charge in [-0.15, -0.1) is 0 Å². The highest BCUT2D eigenvalue weighted by Crippen LogP contribution is 2.07. The third-order valence-electron chi connectivity index (χ3n) is 3.11. The predicted molar refractivity (Wildman–Crippen MR) is 123 cm³/mol. The highest BCUT2D eigenvalue weighted by Gasteiger charge is 1.96. The molecule has 2 nitrogen and oxygen atoms in total. The number of hydrogen-bond acceptors (Lipinski definition) is 1. The second kappa shape index (κ2) is 20.4. The monoisotopic (exact) mass is 380 g/mol. The molecule has 1 N–H and O–H groups in total. The molecule has 152 valence electrons. The van der Waals surface area contributed by atoms with Gasteiger partial charge in [-0.05, 0) is 29.7 Å². The van der Waals surface area contributed by atoms with E-state index in [1.54, 1.807) is 30.3 Å². The molecule has 0 aliphatic rings. The van der Waals surface area contributed by atoms with Gasteiger partial charge in [0.2, 0.25) is 0 Å². The van der Waals surface area contributed by atoms with Crippen molar-refractivity contribution in [1.29, 1.82) is 0 Å². The van der Waals surface area contributed by atoms with Crippen molar-refractivity contribution in [2.24, 2.45) is 0 Å². The fourth-order valence-corrected chi connectivity index (χ4v) is 2.01. The standard InChI is InChI=1S/C13H12.C7H6O2.3C2H6/c1-3-7-12(8-4-1)11-13-9-5-2-6-10-13;8-7(9)6-4-2-1-3-5-6;3*1-2/h1-10H,11H2;1-5H,(H,8,9);3*1-2H3. The van der Waals surface area contributed by atoms with E-state index >= 15 is 0 Å². The first kappa shape index (κ1) is 27.3. The van der Waals surface area contributed by atoms with Crippen LogP contribution in [0.1, 0.15) is 63.0 Å². The van der Waals surface area contributed by atoms with Crippen LogP contribution in [0.15, 0.2) is 91.0 Å². The highest BCUT2D eigenvalue weighted by atomic mass is 16.4. The Kier molecular flexibility index (Phi) is 20.0. The summed E-state index contributed by atoms with van der Waals surface area (Å²) in [5.41, 5.74) is 3.07. The minimum atomic E-state index is -0.879. The largest absolute Gasteiger partial charge is 0.478 e. The van der Waals surface area contributed by atoms with Crippen molar-refractivity contribution < 1.29 is 9.90 Å². The van der Waals surface area contributed by atoms with Gasteiger partial charge in [-0.2, -0.15) is 0 Å². The maximum Gasteiger partial charge on any atom is 0.335 e. The lowest BCUT2D eigenvalue weighted by Gasteiger charge is -2.00. The Hall–Kier alpha value is -2.87. The quantitative estimate of drug-likeness (QED) is 0.504. The summed E-state index contributed by atoms with van der Waals surface area (Å²) in [5.74, 6) is -0.879. The first-order chi connectivity index (χ1) is 13.8. The molecule has 0 fully saturated rings. The number of hydrogen-bond donors (Lipinski definition) is 1. The average molecular weight is 381 g/mol.